The number of ether oxygens (including phenoxy) is 1. The molecule has 1 aliphatic rings. The molecule has 24 heavy (non-hydrogen) atoms. The Hall–Kier alpha value is -2.18. The highest BCUT2D eigenvalue weighted by Gasteiger charge is 2.23. The van der Waals surface area contributed by atoms with Crippen molar-refractivity contribution < 1.29 is 4.74 Å². The van der Waals surface area contributed by atoms with Gasteiger partial charge in [0.1, 0.15) is 11.9 Å². The first-order chi connectivity index (χ1) is 11.8. The van der Waals surface area contributed by atoms with Crippen molar-refractivity contribution in [3.8, 4) is 5.75 Å². The standard InChI is InChI=1S/C18H20N4OS/c1-14-18(24-13-20-14)12-21-9-15-4-3-7-22(15)11-17(10-21)23-16-5-2-6-19-8-16/h2-8,13,17H,9-12H2,1H3. The molecule has 1 unspecified atom stereocenters. The summed E-state index contributed by atoms with van der Waals surface area (Å²) in [5, 5.41) is 0. The quantitative estimate of drug-likeness (QED) is 0.732. The van der Waals surface area contributed by atoms with Crippen LogP contribution in [-0.4, -0.2) is 32.1 Å². The monoisotopic (exact) mass is 340 g/mol. The first kappa shape index (κ1) is 15.4. The first-order valence-electron chi connectivity index (χ1n) is 8.10. The topological polar surface area (TPSA) is 43.2 Å². The van der Waals surface area contributed by atoms with Gasteiger partial charge in [-0.1, -0.05) is 0 Å². The normalized spacial score (nSPS) is 18.1. The zero-order valence-corrected chi connectivity index (χ0v) is 14.4. The molecule has 0 spiro atoms. The molecule has 3 aromatic heterocycles. The second-order valence-corrected chi connectivity index (χ2v) is 7.05. The molecule has 0 fully saturated rings. The van der Waals surface area contributed by atoms with Crippen molar-refractivity contribution in [1.82, 2.24) is 19.4 Å². The van der Waals surface area contributed by atoms with Gasteiger partial charge in [-0.15, -0.1) is 11.3 Å². The number of aryl methyl sites for hydroxylation is 1. The summed E-state index contributed by atoms with van der Waals surface area (Å²) in [6.07, 6.45) is 5.77. The highest BCUT2D eigenvalue weighted by molar-refractivity contribution is 7.09. The molecule has 0 saturated carbocycles. The molecule has 0 aromatic carbocycles. The molecule has 0 bridgehead atoms. The third-order valence-corrected chi connectivity index (χ3v) is 5.24. The van der Waals surface area contributed by atoms with Crippen molar-refractivity contribution in [1.29, 1.82) is 0 Å². The lowest BCUT2D eigenvalue weighted by atomic mass is 10.3. The Bertz CT molecular complexity index is 798. The van der Waals surface area contributed by atoms with E-state index in [0.29, 0.717) is 0 Å². The summed E-state index contributed by atoms with van der Waals surface area (Å²) in [6.45, 7) is 5.66. The van der Waals surface area contributed by atoms with Gasteiger partial charge in [0.25, 0.3) is 0 Å². The molecule has 1 aliphatic heterocycles. The van der Waals surface area contributed by atoms with Crippen molar-refractivity contribution in [2.24, 2.45) is 0 Å². The summed E-state index contributed by atoms with van der Waals surface area (Å²) in [5.41, 5.74) is 4.38. The number of fused-ring (bicyclic) bond motifs is 1. The second kappa shape index (κ2) is 6.75. The predicted octanol–water partition coefficient (Wildman–Crippen LogP) is 3.11. The van der Waals surface area contributed by atoms with Crippen LogP contribution in [0, 0.1) is 6.92 Å². The smallest absolute Gasteiger partial charge is 0.138 e. The van der Waals surface area contributed by atoms with Crippen LogP contribution in [0.3, 0.4) is 0 Å². The van der Waals surface area contributed by atoms with Gasteiger partial charge in [-0.2, -0.15) is 0 Å². The Morgan fingerprint density at radius 1 is 1.29 bits per heavy atom. The molecule has 124 valence electrons. The number of nitrogens with zero attached hydrogens (tertiary/aromatic N) is 4. The van der Waals surface area contributed by atoms with Gasteiger partial charge in [-0.05, 0) is 31.2 Å². The molecule has 0 radical (unpaired) electrons. The van der Waals surface area contributed by atoms with Crippen LogP contribution in [0.15, 0.2) is 48.4 Å². The lowest BCUT2D eigenvalue weighted by molar-refractivity contribution is 0.124. The fourth-order valence-corrected chi connectivity index (χ4v) is 3.93. The van der Waals surface area contributed by atoms with Gasteiger partial charge in [-0.25, -0.2) is 4.98 Å². The fraction of sp³-hybridized carbons (Fsp3) is 0.333. The second-order valence-electron chi connectivity index (χ2n) is 6.11. The molecule has 0 aliphatic carbocycles. The minimum Gasteiger partial charge on any atom is -0.486 e. The highest BCUT2D eigenvalue weighted by atomic mass is 32.1. The number of rotatable bonds is 4. The van der Waals surface area contributed by atoms with Crippen LogP contribution in [0.25, 0.3) is 0 Å². The molecule has 4 rings (SSSR count). The number of hydrogen-bond donors (Lipinski definition) is 0. The van der Waals surface area contributed by atoms with E-state index in [1.54, 1.807) is 23.7 Å². The van der Waals surface area contributed by atoms with Gasteiger partial charge in [0.15, 0.2) is 0 Å². The number of thiazole rings is 1. The van der Waals surface area contributed by atoms with E-state index in [0.717, 1.165) is 37.6 Å². The van der Waals surface area contributed by atoms with E-state index in [-0.39, 0.29) is 6.10 Å². The Labute approximate surface area is 145 Å². The Kier molecular flexibility index (Phi) is 4.32. The van der Waals surface area contributed by atoms with Gasteiger partial charge >= 0.3 is 0 Å². The van der Waals surface area contributed by atoms with Crippen molar-refractivity contribution in [2.75, 3.05) is 6.54 Å². The fourth-order valence-electron chi connectivity index (χ4n) is 3.12. The minimum atomic E-state index is 0.0936. The van der Waals surface area contributed by atoms with Crippen LogP contribution in [0.5, 0.6) is 5.75 Å². The van der Waals surface area contributed by atoms with Crippen molar-refractivity contribution in [3.63, 3.8) is 0 Å². The van der Waals surface area contributed by atoms with E-state index >= 15 is 0 Å². The van der Waals surface area contributed by atoms with E-state index in [4.69, 9.17) is 4.74 Å². The summed E-state index contributed by atoms with van der Waals surface area (Å²) in [4.78, 5) is 12.3. The maximum atomic E-state index is 6.20. The van der Waals surface area contributed by atoms with Crippen molar-refractivity contribution in [3.05, 3.63) is 64.6 Å². The first-order valence-corrected chi connectivity index (χ1v) is 8.98. The van der Waals surface area contributed by atoms with Crippen LogP contribution < -0.4 is 4.74 Å². The summed E-state index contributed by atoms with van der Waals surface area (Å²) in [7, 11) is 0. The van der Waals surface area contributed by atoms with E-state index in [1.165, 1.54) is 10.6 Å². The molecule has 4 heterocycles. The van der Waals surface area contributed by atoms with E-state index in [2.05, 4.69) is 44.7 Å². The largest absolute Gasteiger partial charge is 0.486 e. The number of aromatic nitrogens is 3. The van der Waals surface area contributed by atoms with Crippen LogP contribution >= 0.6 is 11.3 Å². The van der Waals surface area contributed by atoms with Gasteiger partial charge in [0, 0.05) is 42.6 Å². The van der Waals surface area contributed by atoms with Crippen LogP contribution in [0.1, 0.15) is 16.3 Å². The zero-order valence-electron chi connectivity index (χ0n) is 13.6. The molecule has 0 amide bonds. The van der Waals surface area contributed by atoms with Crippen LogP contribution in [0.2, 0.25) is 0 Å². The molecule has 3 aromatic rings. The van der Waals surface area contributed by atoms with Gasteiger partial charge in [0.05, 0.1) is 23.9 Å². The summed E-state index contributed by atoms with van der Waals surface area (Å²) in [5.74, 6) is 0.826. The maximum absolute atomic E-state index is 6.20. The van der Waals surface area contributed by atoms with E-state index in [9.17, 15) is 0 Å². The summed E-state index contributed by atoms with van der Waals surface area (Å²) < 4.78 is 8.50. The Balaban J connectivity index is 1.55. The van der Waals surface area contributed by atoms with E-state index in [1.807, 2.05) is 17.6 Å². The van der Waals surface area contributed by atoms with Crippen LogP contribution in [-0.2, 0) is 19.6 Å². The highest BCUT2D eigenvalue weighted by Crippen LogP contribution is 2.22. The number of pyridine rings is 1. The van der Waals surface area contributed by atoms with Crippen LogP contribution in [0.4, 0.5) is 0 Å². The molecule has 5 nitrogen and oxygen atoms in total. The molecular formula is C18H20N4OS. The maximum Gasteiger partial charge on any atom is 0.138 e. The number of hydrogen-bond acceptors (Lipinski definition) is 5. The molecule has 0 saturated heterocycles. The minimum absolute atomic E-state index is 0.0936. The molecule has 0 N–H and O–H groups in total. The molecule has 1 atom stereocenters. The van der Waals surface area contributed by atoms with Gasteiger partial charge < -0.3 is 9.30 Å². The SMILES string of the molecule is Cc1ncsc1CN1Cc2cccn2CC(Oc2cccnc2)C1. The third kappa shape index (κ3) is 3.34. The average Bonchev–Trinajstić information content (AvgIpc) is 3.14. The average molecular weight is 340 g/mol. The summed E-state index contributed by atoms with van der Waals surface area (Å²) in [6, 6.07) is 8.18. The lowest BCUT2D eigenvalue weighted by Crippen LogP contribution is -2.34. The third-order valence-electron chi connectivity index (χ3n) is 4.32. The lowest BCUT2D eigenvalue weighted by Gasteiger charge is -2.24. The van der Waals surface area contributed by atoms with E-state index < -0.39 is 0 Å². The summed E-state index contributed by atoms with van der Waals surface area (Å²) >= 11 is 1.73. The molecule has 6 heteroatoms. The van der Waals surface area contributed by atoms with Crippen molar-refractivity contribution >= 4 is 11.3 Å². The van der Waals surface area contributed by atoms with Crippen molar-refractivity contribution in [2.45, 2.75) is 32.7 Å². The molecular weight excluding hydrogens is 320 g/mol. The Morgan fingerprint density at radius 2 is 2.25 bits per heavy atom. The van der Waals surface area contributed by atoms with Gasteiger partial charge in [-0.3, -0.25) is 9.88 Å². The zero-order chi connectivity index (χ0) is 16.4. The van der Waals surface area contributed by atoms with Gasteiger partial charge in [0.2, 0.25) is 0 Å². The predicted molar refractivity (Wildman–Crippen MR) is 94.1 cm³/mol. The Morgan fingerprint density at radius 3 is 3.04 bits per heavy atom.